The van der Waals surface area contributed by atoms with Crippen LogP contribution in [0, 0.1) is 0 Å². The maximum atomic E-state index is 13.2. The number of hydrogen-bond acceptors (Lipinski definition) is 11. The number of β-lactam (4-membered cyclic amide) rings is 1. The molecule has 0 aromatic heterocycles. The lowest BCUT2D eigenvalue weighted by atomic mass is 10.1. The van der Waals surface area contributed by atoms with Crippen LogP contribution in [0.25, 0.3) is 0 Å². The quantitative estimate of drug-likeness (QED) is 0.110. The lowest BCUT2D eigenvalue weighted by molar-refractivity contribution is -0.153. The van der Waals surface area contributed by atoms with Gasteiger partial charge < -0.3 is 29.4 Å². The zero-order valence-electron chi connectivity index (χ0n) is 22.4. The SMILES string of the molecule is CC(O)=C(C(=O)OCc1ccccc1)N1C(=O)C(NC(=O)COc2ccccc2)C1SC(=O)COC(=O)OCC(Cl)(Cl)Cl. The molecule has 2 amide bonds. The largest absolute Gasteiger partial charge is 0.510 e. The Bertz CT molecular complexity index is 1350. The molecule has 43 heavy (non-hydrogen) atoms. The zero-order chi connectivity index (χ0) is 31.6. The minimum atomic E-state index is -1.90. The number of likely N-dealkylation sites (tertiary alicyclic amines) is 1. The summed E-state index contributed by atoms with van der Waals surface area (Å²) in [6.07, 6.45) is -1.30. The van der Waals surface area contributed by atoms with E-state index in [1.807, 2.05) is 0 Å². The molecule has 16 heteroatoms. The molecule has 0 radical (unpaired) electrons. The second kappa shape index (κ2) is 15.7. The summed E-state index contributed by atoms with van der Waals surface area (Å²) in [6.45, 7) is -0.958. The Hall–Kier alpha value is -3.65. The summed E-state index contributed by atoms with van der Waals surface area (Å²) in [4.78, 5) is 64.0. The van der Waals surface area contributed by atoms with Gasteiger partial charge in [-0.25, -0.2) is 9.59 Å². The molecular weight excluding hydrogens is 651 g/mol. The number of ether oxygens (including phenoxy) is 4. The third-order valence-corrected chi connectivity index (χ3v) is 6.81. The van der Waals surface area contributed by atoms with Crippen molar-refractivity contribution in [3.05, 3.63) is 77.7 Å². The average molecular weight is 676 g/mol. The van der Waals surface area contributed by atoms with E-state index in [4.69, 9.17) is 49.0 Å². The Labute approximate surface area is 265 Å². The van der Waals surface area contributed by atoms with E-state index >= 15 is 0 Å². The van der Waals surface area contributed by atoms with E-state index in [1.165, 1.54) is 0 Å². The van der Waals surface area contributed by atoms with Crippen LogP contribution < -0.4 is 10.1 Å². The zero-order valence-corrected chi connectivity index (χ0v) is 25.5. The fourth-order valence-corrected chi connectivity index (χ4v) is 4.71. The number of aliphatic hydroxyl groups excluding tert-OH is 1. The predicted molar refractivity (Wildman–Crippen MR) is 156 cm³/mol. The third-order valence-electron chi connectivity index (χ3n) is 5.38. The van der Waals surface area contributed by atoms with Gasteiger partial charge in [-0.1, -0.05) is 95.1 Å². The number of carbonyl (C=O) groups is 5. The van der Waals surface area contributed by atoms with Crippen molar-refractivity contribution in [1.82, 2.24) is 10.2 Å². The molecule has 2 unspecified atom stereocenters. The van der Waals surface area contributed by atoms with Crippen LogP contribution in [0.5, 0.6) is 5.75 Å². The highest BCUT2D eigenvalue weighted by Gasteiger charge is 2.53. The van der Waals surface area contributed by atoms with E-state index in [1.54, 1.807) is 60.7 Å². The molecule has 1 aliphatic rings. The number of aliphatic hydroxyl groups is 1. The molecule has 3 rings (SSSR count). The van der Waals surface area contributed by atoms with Gasteiger partial charge in [0, 0.05) is 0 Å². The van der Waals surface area contributed by atoms with Gasteiger partial charge in [-0.3, -0.25) is 19.3 Å². The molecule has 2 N–H and O–H groups in total. The van der Waals surface area contributed by atoms with Crippen LogP contribution >= 0.6 is 46.6 Å². The number of nitrogens with zero attached hydrogens (tertiary/aromatic N) is 1. The summed E-state index contributed by atoms with van der Waals surface area (Å²) in [5.41, 5.74) is 0.101. The van der Waals surface area contributed by atoms with Crippen LogP contribution in [0.1, 0.15) is 12.5 Å². The first-order chi connectivity index (χ1) is 20.4. The molecule has 0 saturated carbocycles. The fraction of sp³-hybridized carbons (Fsp3) is 0.296. The van der Waals surface area contributed by atoms with Crippen molar-refractivity contribution < 1.29 is 48.0 Å². The van der Waals surface area contributed by atoms with Crippen LogP contribution in [0.15, 0.2) is 72.1 Å². The summed E-state index contributed by atoms with van der Waals surface area (Å²) < 4.78 is 18.1. The Morgan fingerprint density at radius 2 is 1.58 bits per heavy atom. The number of amides is 2. The maximum absolute atomic E-state index is 13.2. The minimum Gasteiger partial charge on any atom is -0.510 e. The molecule has 0 aliphatic carbocycles. The lowest BCUT2D eigenvalue weighted by Gasteiger charge is -2.46. The van der Waals surface area contributed by atoms with Crippen LogP contribution in [0.2, 0.25) is 0 Å². The standard InChI is InChI=1S/C27H25Cl3N2O10S/c1-16(33)22(25(37)40-12-17-8-4-2-5-9-17)32-23(36)21(31-19(34)13-39-18-10-6-3-7-11-18)24(32)43-20(35)14-41-26(38)42-15-27(28,29)30/h2-11,21,24,33H,12-15H2,1H3,(H,31,34). The number of benzene rings is 2. The highest BCUT2D eigenvalue weighted by Crippen LogP contribution is 2.36. The van der Waals surface area contributed by atoms with E-state index in [-0.39, 0.29) is 6.61 Å². The molecule has 1 aliphatic heterocycles. The summed E-state index contributed by atoms with van der Waals surface area (Å²) in [6, 6.07) is 15.7. The normalized spacial score (nSPS) is 16.7. The molecule has 1 saturated heterocycles. The smallest absolute Gasteiger partial charge is 0.508 e. The third kappa shape index (κ3) is 10.5. The molecule has 2 aromatic rings. The number of hydrogen-bond donors (Lipinski definition) is 2. The fourth-order valence-electron chi connectivity index (χ4n) is 3.52. The van der Waals surface area contributed by atoms with Crippen molar-refractivity contribution in [2.24, 2.45) is 0 Å². The van der Waals surface area contributed by atoms with Gasteiger partial charge in [0.1, 0.15) is 36.1 Å². The lowest BCUT2D eigenvalue weighted by Crippen LogP contribution is -2.70. The van der Waals surface area contributed by atoms with Gasteiger partial charge in [-0.05, 0) is 24.6 Å². The van der Waals surface area contributed by atoms with Gasteiger partial charge in [0.2, 0.25) is 8.91 Å². The van der Waals surface area contributed by atoms with Crippen molar-refractivity contribution in [2.75, 3.05) is 19.8 Å². The van der Waals surface area contributed by atoms with Crippen LogP contribution in [-0.2, 0) is 40.0 Å². The number of allylic oxidation sites excluding steroid dienone is 1. The highest BCUT2D eigenvalue weighted by molar-refractivity contribution is 8.14. The molecule has 230 valence electrons. The van der Waals surface area contributed by atoms with Crippen molar-refractivity contribution in [2.45, 2.75) is 28.7 Å². The van der Waals surface area contributed by atoms with Crippen LogP contribution in [-0.4, -0.2) is 74.1 Å². The second-order valence-electron chi connectivity index (χ2n) is 8.67. The van der Waals surface area contributed by atoms with Gasteiger partial charge in [-0.2, -0.15) is 0 Å². The van der Waals surface area contributed by atoms with Gasteiger partial charge in [-0.15, -0.1) is 0 Å². The molecule has 1 fully saturated rings. The summed E-state index contributed by atoms with van der Waals surface area (Å²) in [5, 5.41) is 10.7. The van der Waals surface area contributed by atoms with Gasteiger partial charge >= 0.3 is 12.1 Å². The van der Waals surface area contributed by atoms with E-state index in [9.17, 15) is 29.1 Å². The number of alkyl halides is 3. The predicted octanol–water partition coefficient (Wildman–Crippen LogP) is 4.03. The Balaban J connectivity index is 1.71. The van der Waals surface area contributed by atoms with Crippen molar-refractivity contribution in [1.29, 1.82) is 0 Å². The summed E-state index contributed by atoms with van der Waals surface area (Å²) in [5.74, 6) is -2.75. The number of para-hydroxylation sites is 1. The summed E-state index contributed by atoms with van der Waals surface area (Å²) >= 11 is 17.0. The first-order valence-electron chi connectivity index (χ1n) is 12.3. The Kier molecular flexibility index (Phi) is 12.4. The molecule has 12 nitrogen and oxygen atoms in total. The molecule has 1 heterocycles. The minimum absolute atomic E-state index is 0.170. The molecule has 2 aromatic carbocycles. The number of carbonyl (C=O) groups excluding carboxylic acids is 5. The first-order valence-corrected chi connectivity index (χ1v) is 14.3. The van der Waals surface area contributed by atoms with Crippen molar-refractivity contribution in [3.63, 3.8) is 0 Å². The molecular formula is C27H25Cl3N2O10S. The molecule has 2 atom stereocenters. The number of halogens is 3. The van der Waals surface area contributed by atoms with Gasteiger partial charge in [0.15, 0.2) is 18.9 Å². The Morgan fingerprint density at radius 1 is 0.953 bits per heavy atom. The molecule has 0 bridgehead atoms. The second-order valence-corrected chi connectivity index (χ2v) is 12.4. The average Bonchev–Trinajstić information content (AvgIpc) is 2.98. The first kappa shape index (κ1) is 33.8. The van der Waals surface area contributed by atoms with E-state index < -0.39 is 75.5 Å². The number of esters is 1. The monoisotopic (exact) mass is 674 g/mol. The Morgan fingerprint density at radius 3 is 2.19 bits per heavy atom. The van der Waals surface area contributed by atoms with E-state index in [0.717, 1.165) is 11.8 Å². The topological polar surface area (TPSA) is 158 Å². The van der Waals surface area contributed by atoms with Gasteiger partial charge in [0.25, 0.3) is 11.8 Å². The summed E-state index contributed by atoms with van der Waals surface area (Å²) in [7, 11) is 0. The molecule has 0 spiro atoms. The number of rotatable bonds is 12. The van der Waals surface area contributed by atoms with Gasteiger partial charge in [0.05, 0.1) is 0 Å². The number of nitrogens with one attached hydrogen (secondary N) is 1. The van der Waals surface area contributed by atoms with Crippen molar-refractivity contribution in [3.8, 4) is 5.75 Å². The maximum Gasteiger partial charge on any atom is 0.508 e. The van der Waals surface area contributed by atoms with Crippen LogP contribution in [0.3, 0.4) is 0 Å². The number of thioether (sulfide) groups is 1. The van der Waals surface area contributed by atoms with Crippen LogP contribution in [0.4, 0.5) is 4.79 Å². The van der Waals surface area contributed by atoms with E-state index in [2.05, 4.69) is 10.1 Å². The highest BCUT2D eigenvalue weighted by atomic mass is 35.6. The van der Waals surface area contributed by atoms with E-state index in [0.29, 0.717) is 23.1 Å². The van der Waals surface area contributed by atoms with Crippen molar-refractivity contribution >= 4 is 75.6 Å².